The molecule has 196 valence electrons. The molecule has 7 nitrogen and oxygen atoms in total. The van der Waals surface area contributed by atoms with Crippen LogP contribution in [0.2, 0.25) is 0 Å². The van der Waals surface area contributed by atoms with Gasteiger partial charge >= 0.3 is 6.09 Å². The van der Waals surface area contributed by atoms with Crippen molar-refractivity contribution in [3.8, 4) is 11.3 Å². The van der Waals surface area contributed by atoms with E-state index in [4.69, 9.17) is 4.74 Å². The van der Waals surface area contributed by atoms with Gasteiger partial charge in [0.1, 0.15) is 17.5 Å². The Labute approximate surface area is 227 Å². The van der Waals surface area contributed by atoms with Gasteiger partial charge in [0.05, 0.1) is 12.2 Å². The minimum atomic E-state index is -0.438. The summed E-state index contributed by atoms with van der Waals surface area (Å²) in [5.74, 6) is -0.559. The summed E-state index contributed by atoms with van der Waals surface area (Å²) in [5, 5.41) is 4.95. The number of carbonyl (C=O) groups excluding carboxylic acids is 2. The zero-order valence-electron chi connectivity index (χ0n) is 21.0. The SMILES string of the molecule is C[C@H](COC(=O)N(C)Cc1ccc(-c2[nH]c3cc(F)cc4c3c2CNCC4=O)cc1)SSc1ccccn1. The number of ketones is 1. The molecule has 0 saturated carbocycles. The second-order valence-corrected chi connectivity index (χ2v) is 11.8. The van der Waals surface area contributed by atoms with Gasteiger partial charge in [-0.15, -0.1) is 0 Å². The van der Waals surface area contributed by atoms with Crippen LogP contribution in [-0.2, 0) is 17.8 Å². The van der Waals surface area contributed by atoms with Crippen molar-refractivity contribution in [3.63, 3.8) is 0 Å². The molecule has 4 aromatic rings. The van der Waals surface area contributed by atoms with Crippen molar-refractivity contribution in [3.05, 3.63) is 83.3 Å². The third kappa shape index (κ3) is 5.87. The monoisotopic (exact) mass is 550 g/mol. The third-order valence-corrected chi connectivity index (χ3v) is 8.96. The molecule has 0 saturated heterocycles. The number of hydrogen-bond acceptors (Lipinski definition) is 7. The maximum absolute atomic E-state index is 14.2. The first-order valence-electron chi connectivity index (χ1n) is 12.2. The van der Waals surface area contributed by atoms with Gasteiger partial charge < -0.3 is 19.9 Å². The summed E-state index contributed by atoms with van der Waals surface area (Å²) in [6.07, 6.45) is 1.37. The van der Waals surface area contributed by atoms with Crippen LogP contribution in [0.5, 0.6) is 0 Å². The van der Waals surface area contributed by atoms with Crippen molar-refractivity contribution in [2.75, 3.05) is 20.2 Å². The van der Waals surface area contributed by atoms with Crippen molar-refractivity contribution < 1.29 is 18.7 Å². The Balaban J connectivity index is 1.21. The van der Waals surface area contributed by atoms with E-state index in [-0.39, 0.29) is 23.7 Å². The quantitative estimate of drug-likeness (QED) is 0.258. The molecule has 5 rings (SSSR count). The molecule has 2 aromatic heterocycles. The average Bonchev–Trinajstić information content (AvgIpc) is 3.19. The lowest BCUT2D eigenvalue weighted by Gasteiger charge is -2.19. The topological polar surface area (TPSA) is 87.3 Å². The van der Waals surface area contributed by atoms with E-state index in [0.717, 1.165) is 32.8 Å². The smallest absolute Gasteiger partial charge is 0.409 e. The minimum Gasteiger partial charge on any atom is -0.448 e. The van der Waals surface area contributed by atoms with E-state index < -0.39 is 5.82 Å². The Hall–Kier alpha value is -3.34. The predicted octanol–water partition coefficient (Wildman–Crippen LogP) is 6.05. The number of ether oxygens (including phenoxy) is 1. The van der Waals surface area contributed by atoms with E-state index in [9.17, 15) is 14.0 Å². The number of aromatic amines is 1. The maximum Gasteiger partial charge on any atom is 0.409 e. The molecule has 10 heteroatoms. The number of H-pyrrole nitrogens is 1. The first-order chi connectivity index (χ1) is 18.4. The molecule has 3 heterocycles. The van der Waals surface area contributed by atoms with Gasteiger partial charge in [0, 0.05) is 53.6 Å². The van der Waals surface area contributed by atoms with Crippen LogP contribution in [0.3, 0.4) is 0 Å². The van der Waals surface area contributed by atoms with Crippen molar-refractivity contribution in [1.82, 2.24) is 20.2 Å². The third-order valence-electron chi connectivity index (χ3n) is 6.21. The van der Waals surface area contributed by atoms with Gasteiger partial charge in [-0.05, 0) is 53.1 Å². The highest BCUT2D eigenvalue weighted by Crippen LogP contribution is 2.35. The van der Waals surface area contributed by atoms with E-state index >= 15 is 0 Å². The molecule has 0 radical (unpaired) electrons. The van der Waals surface area contributed by atoms with Crippen LogP contribution in [0.1, 0.15) is 28.4 Å². The van der Waals surface area contributed by atoms with Crippen molar-refractivity contribution in [2.24, 2.45) is 0 Å². The Bertz CT molecular complexity index is 1460. The number of aromatic nitrogens is 2. The molecule has 0 unspecified atom stereocenters. The van der Waals surface area contributed by atoms with Crippen molar-refractivity contribution in [2.45, 2.75) is 30.3 Å². The van der Waals surface area contributed by atoms with Gasteiger partial charge in [0.15, 0.2) is 5.78 Å². The largest absolute Gasteiger partial charge is 0.448 e. The van der Waals surface area contributed by atoms with E-state index in [1.54, 1.807) is 39.7 Å². The van der Waals surface area contributed by atoms with Gasteiger partial charge in [0.25, 0.3) is 0 Å². The molecule has 2 aromatic carbocycles. The molecule has 0 spiro atoms. The van der Waals surface area contributed by atoms with Crippen LogP contribution in [0.25, 0.3) is 22.2 Å². The van der Waals surface area contributed by atoms with Gasteiger partial charge in [-0.2, -0.15) is 0 Å². The fraction of sp³-hybridized carbons (Fsp3) is 0.250. The number of pyridine rings is 1. The molecule has 1 atom stereocenters. The second kappa shape index (κ2) is 11.6. The summed E-state index contributed by atoms with van der Waals surface area (Å²) >= 11 is 0. The summed E-state index contributed by atoms with van der Waals surface area (Å²) in [5.41, 5.74) is 4.68. The standard InChI is InChI=1S/C28H27FN4O3S2/c1-17(37-38-25-5-3-4-10-31-25)16-36-28(35)33(2)15-18-6-8-19(9-7-18)27-22-13-30-14-24(34)21-11-20(29)12-23(32-27)26(21)22/h3-12,17,30,32H,13-16H2,1-2H3/t17-/m1/s1. The lowest BCUT2D eigenvalue weighted by atomic mass is 10.00. The zero-order chi connectivity index (χ0) is 26.6. The van der Waals surface area contributed by atoms with Gasteiger partial charge in [-0.1, -0.05) is 41.1 Å². The highest BCUT2D eigenvalue weighted by atomic mass is 33.1. The first-order valence-corrected chi connectivity index (χ1v) is 14.4. The van der Waals surface area contributed by atoms with Gasteiger partial charge in [-0.25, -0.2) is 14.2 Å². The molecule has 0 aliphatic carbocycles. The van der Waals surface area contributed by atoms with Crippen LogP contribution in [0.15, 0.2) is 65.8 Å². The molecule has 1 aliphatic rings. The van der Waals surface area contributed by atoms with Crippen molar-refractivity contribution >= 4 is 44.4 Å². The zero-order valence-corrected chi connectivity index (χ0v) is 22.6. The van der Waals surface area contributed by atoms with Crippen LogP contribution < -0.4 is 5.32 Å². The second-order valence-electron chi connectivity index (χ2n) is 9.17. The van der Waals surface area contributed by atoms with E-state index in [0.29, 0.717) is 30.8 Å². The number of rotatable bonds is 8. The maximum atomic E-state index is 14.2. The van der Waals surface area contributed by atoms with Crippen LogP contribution in [0, 0.1) is 5.82 Å². The molecule has 38 heavy (non-hydrogen) atoms. The number of hydrogen-bond donors (Lipinski definition) is 2. The van der Waals surface area contributed by atoms with Crippen molar-refractivity contribution in [1.29, 1.82) is 0 Å². The Morgan fingerprint density at radius 1 is 1.18 bits per heavy atom. The Morgan fingerprint density at radius 3 is 2.76 bits per heavy atom. The van der Waals surface area contributed by atoms with E-state index in [2.05, 4.69) is 15.3 Å². The summed E-state index contributed by atoms with van der Waals surface area (Å²) in [6.45, 7) is 3.39. The fourth-order valence-corrected chi connectivity index (χ4v) is 6.25. The van der Waals surface area contributed by atoms with Gasteiger partial charge in [-0.3, -0.25) is 4.79 Å². The van der Waals surface area contributed by atoms with Crippen LogP contribution >= 0.6 is 21.6 Å². The van der Waals surface area contributed by atoms with Crippen LogP contribution in [0.4, 0.5) is 9.18 Å². The predicted molar refractivity (Wildman–Crippen MR) is 150 cm³/mol. The number of nitrogens with one attached hydrogen (secondary N) is 2. The first kappa shape index (κ1) is 26.3. The molecular formula is C28H27FN4O3S2. The number of halogens is 1. The Morgan fingerprint density at radius 2 is 2.00 bits per heavy atom. The number of carbonyl (C=O) groups is 2. The summed E-state index contributed by atoms with van der Waals surface area (Å²) in [4.78, 5) is 34.1. The molecule has 1 amide bonds. The molecule has 0 bridgehead atoms. The lowest BCUT2D eigenvalue weighted by molar-refractivity contribution is 0.0993. The highest BCUT2D eigenvalue weighted by Gasteiger charge is 2.23. The van der Waals surface area contributed by atoms with Gasteiger partial charge in [0.2, 0.25) is 0 Å². The molecular weight excluding hydrogens is 523 g/mol. The number of benzene rings is 2. The van der Waals surface area contributed by atoms with E-state index in [1.807, 2.05) is 49.4 Å². The Kier molecular flexibility index (Phi) is 8.01. The van der Waals surface area contributed by atoms with E-state index in [1.165, 1.54) is 12.1 Å². The lowest BCUT2D eigenvalue weighted by Crippen LogP contribution is -2.28. The average molecular weight is 551 g/mol. The fourth-order valence-electron chi connectivity index (χ4n) is 4.37. The minimum absolute atomic E-state index is 0.110. The molecule has 0 fully saturated rings. The van der Waals surface area contributed by atoms with Crippen LogP contribution in [-0.4, -0.2) is 52.2 Å². The summed E-state index contributed by atoms with van der Waals surface area (Å²) < 4.78 is 19.7. The number of Topliss-reactive ketones (excluding diaryl/α,β-unsaturated/α-hetero) is 1. The number of nitrogens with zero attached hydrogens (tertiary/aromatic N) is 2. The molecule has 1 aliphatic heterocycles. The number of amides is 1. The summed E-state index contributed by atoms with van der Waals surface area (Å²) in [7, 11) is 4.88. The normalized spacial score (nSPS) is 13.8. The molecule has 2 N–H and O–H groups in total. The highest BCUT2D eigenvalue weighted by molar-refractivity contribution is 8.76. The summed E-state index contributed by atoms with van der Waals surface area (Å²) in [6, 6.07) is 16.3.